The zero-order valence-electron chi connectivity index (χ0n) is 11.8. The largest absolute Gasteiger partial charge is 0.481 e. The highest BCUT2D eigenvalue weighted by molar-refractivity contribution is 5.79. The predicted molar refractivity (Wildman–Crippen MR) is 72.3 cm³/mol. The molecular formula is C12H20N2O8. The molecule has 0 saturated heterocycles. The highest BCUT2D eigenvalue weighted by Gasteiger charge is 2.35. The van der Waals surface area contributed by atoms with Crippen molar-refractivity contribution in [3.05, 3.63) is 0 Å². The quantitative estimate of drug-likeness (QED) is 0.296. The van der Waals surface area contributed by atoms with Gasteiger partial charge in [-0.1, -0.05) is 0 Å². The Hall–Kier alpha value is -2.20. The molecular weight excluding hydrogens is 300 g/mol. The van der Waals surface area contributed by atoms with E-state index in [-0.39, 0.29) is 25.9 Å². The Bertz CT molecular complexity index is 389. The molecule has 22 heavy (non-hydrogen) atoms. The minimum atomic E-state index is -1.38. The van der Waals surface area contributed by atoms with Gasteiger partial charge in [-0.3, -0.25) is 24.1 Å². The number of aliphatic carboxylic acids is 4. The summed E-state index contributed by atoms with van der Waals surface area (Å²) >= 11 is 0. The van der Waals surface area contributed by atoms with Gasteiger partial charge in [-0.05, 0) is 12.8 Å². The molecule has 126 valence electrons. The Labute approximate surface area is 126 Å². The van der Waals surface area contributed by atoms with Gasteiger partial charge < -0.3 is 26.2 Å². The van der Waals surface area contributed by atoms with Crippen LogP contribution in [-0.2, 0) is 19.2 Å². The van der Waals surface area contributed by atoms with E-state index in [1.165, 1.54) is 0 Å². The van der Waals surface area contributed by atoms with E-state index < -0.39 is 48.8 Å². The molecule has 0 aliphatic rings. The van der Waals surface area contributed by atoms with Crippen molar-refractivity contribution in [3.63, 3.8) is 0 Å². The minimum absolute atomic E-state index is 0.0479. The normalized spacial score (nSPS) is 13.5. The first-order valence-corrected chi connectivity index (χ1v) is 6.55. The van der Waals surface area contributed by atoms with Gasteiger partial charge in [0.25, 0.3) is 0 Å². The Morgan fingerprint density at radius 3 is 1.41 bits per heavy atom. The molecule has 10 nitrogen and oxygen atoms in total. The molecule has 0 aliphatic carbocycles. The van der Waals surface area contributed by atoms with Crippen LogP contribution >= 0.6 is 0 Å². The Morgan fingerprint density at radius 2 is 1.18 bits per heavy atom. The molecule has 10 heteroatoms. The van der Waals surface area contributed by atoms with Crippen LogP contribution in [-0.4, -0.2) is 74.4 Å². The van der Waals surface area contributed by atoms with Crippen molar-refractivity contribution in [2.45, 2.75) is 37.8 Å². The van der Waals surface area contributed by atoms with Gasteiger partial charge in [-0.15, -0.1) is 0 Å². The van der Waals surface area contributed by atoms with Crippen LogP contribution in [0.5, 0.6) is 0 Å². The van der Waals surface area contributed by atoms with Crippen molar-refractivity contribution in [1.29, 1.82) is 0 Å². The third kappa shape index (κ3) is 6.99. The molecule has 0 aromatic heterocycles. The molecule has 0 saturated carbocycles. The van der Waals surface area contributed by atoms with Gasteiger partial charge in [0.2, 0.25) is 0 Å². The van der Waals surface area contributed by atoms with Crippen molar-refractivity contribution in [1.82, 2.24) is 4.90 Å². The Morgan fingerprint density at radius 1 is 0.818 bits per heavy atom. The van der Waals surface area contributed by atoms with Crippen molar-refractivity contribution in [3.8, 4) is 0 Å². The van der Waals surface area contributed by atoms with Gasteiger partial charge >= 0.3 is 23.9 Å². The van der Waals surface area contributed by atoms with Gasteiger partial charge in [-0.2, -0.15) is 0 Å². The Kier molecular flexibility index (Phi) is 8.72. The van der Waals surface area contributed by atoms with Crippen LogP contribution in [0.25, 0.3) is 0 Å². The van der Waals surface area contributed by atoms with Gasteiger partial charge in [0.1, 0.15) is 12.1 Å². The summed E-state index contributed by atoms with van der Waals surface area (Å²) in [7, 11) is 0. The molecule has 0 rings (SSSR count). The molecule has 0 radical (unpaired) electrons. The lowest BCUT2D eigenvalue weighted by molar-refractivity contribution is -0.151. The molecule has 2 unspecified atom stereocenters. The lowest BCUT2D eigenvalue weighted by atomic mass is 10.0. The maximum Gasteiger partial charge on any atom is 0.320 e. The number of carboxylic acid groups (broad SMARTS) is 4. The number of nitrogens with zero attached hydrogens (tertiary/aromatic N) is 1. The summed E-state index contributed by atoms with van der Waals surface area (Å²) in [6.07, 6.45) is -1.52. The van der Waals surface area contributed by atoms with E-state index in [4.69, 9.17) is 15.9 Å². The van der Waals surface area contributed by atoms with Crippen LogP contribution in [0.4, 0.5) is 0 Å². The second-order valence-corrected chi connectivity index (χ2v) is 4.60. The number of hydrogen-bond acceptors (Lipinski definition) is 6. The monoisotopic (exact) mass is 320 g/mol. The van der Waals surface area contributed by atoms with Crippen LogP contribution in [0.3, 0.4) is 0 Å². The fraction of sp³-hybridized carbons (Fsp3) is 0.667. The molecule has 6 N–H and O–H groups in total. The van der Waals surface area contributed by atoms with E-state index in [0.717, 1.165) is 4.90 Å². The molecule has 0 bridgehead atoms. The summed E-state index contributed by atoms with van der Waals surface area (Å²) in [5, 5.41) is 35.7. The lowest BCUT2D eigenvalue weighted by Crippen LogP contribution is -2.52. The lowest BCUT2D eigenvalue weighted by Gasteiger charge is -2.33. The number of rotatable bonds is 12. The van der Waals surface area contributed by atoms with E-state index in [0.29, 0.717) is 0 Å². The minimum Gasteiger partial charge on any atom is -0.481 e. The number of nitrogens with two attached hydrogens (primary N) is 1. The summed E-state index contributed by atoms with van der Waals surface area (Å²) < 4.78 is 0. The summed E-state index contributed by atoms with van der Waals surface area (Å²) in [5.74, 6) is -5.18. The van der Waals surface area contributed by atoms with Crippen molar-refractivity contribution in [2.75, 3.05) is 13.1 Å². The average molecular weight is 320 g/mol. The molecule has 0 spiro atoms. The van der Waals surface area contributed by atoms with Gasteiger partial charge in [0.05, 0.1) is 0 Å². The second-order valence-electron chi connectivity index (χ2n) is 4.60. The van der Waals surface area contributed by atoms with Gasteiger partial charge in [0, 0.05) is 25.9 Å². The molecule has 0 aromatic rings. The summed E-state index contributed by atoms with van der Waals surface area (Å²) in [4.78, 5) is 44.8. The van der Waals surface area contributed by atoms with E-state index in [1.54, 1.807) is 0 Å². The fourth-order valence-corrected chi connectivity index (χ4v) is 2.06. The predicted octanol–water partition coefficient (Wildman–Crippen LogP) is -1.12. The highest BCUT2D eigenvalue weighted by Crippen LogP contribution is 2.16. The first-order chi connectivity index (χ1) is 10.2. The average Bonchev–Trinajstić information content (AvgIpc) is 2.37. The van der Waals surface area contributed by atoms with Crippen LogP contribution < -0.4 is 5.73 Å². The maximum absolute atomic E-state index is 11.3. The SMILES string of the molecule is NCCN(C(CCC(=O)O)C(=O)O)C(CCC(=O)O)C(=O)O. The van der Waals surface area contributed by atoms with Crippen LogP contribution in [0.2, 0.25) is 0 Å². The molecule has 0 amide bonds. The zero-order valence-corrected chi connectivity index (χ0v) is 11.8. The van der Waals surface area contributed by atoms with E-state index in [2.05, 4.69) is 0 Å². The smallest absolute Gasteiger partial charge is 0.320 e. The molecule has 0 heterocycles. The Balaban J connectivity index is 5.27. The van der Waals surface area contributed by atoms with Crippen LogP contribution in [0.1, 0.15) is 25.7 Å². The molecule has 2 atom stereocenters. The summed E-state index contributed by atoms with van der Waals surface area (Å²) in [6.45, 7) is -0.152. The van der Waals surface area contributed by atoms with Crippen LogP contribution in [0.15, 0.2) is 0 Å². The van der Waals surface area contributed by atoms with E-state index in [9.17, 15) is 29.4 Å². The summed E-state index contributed by atoms with van der Waals surface area (Å²) in [6, 6.07) is -2.73. The van der Waals surface area contributed by atoms with Gasteiger partial charge in [-0.25, -0.2) is 0 Å². The standard InChI is InChI=1S/C12H20N2O8/c13-5-6-14(7(11(19)20)1-3-9(15)16)8(12(21)22)2-4-10(17)18/h7-8H,1-6,13H2,(H,15,16)(H,17,18)(H,19,20)(H,21,22). The fourth-order valence-electron chi connectivity index (χ4n) is 2.06. The number of carboxylic acids is 4. The van der Waals surface area contributed by atoms with E-state index in [1.807, 2.05) is 0 Å². The van der Waals surface area contributed by atoms with Crippen molar-refractivity contribution < 1.29 is 39.6 Å². The zero-order chi connectivity index (χ0) is 17.3. The molecule has 0 aromatic carbocycles. The molecule has 0 fully saturated rings. The number of hydrogen-bond donors (Lipinski definition) is 5. The highest BCUT2D eigenvalue weighted by atomic mass is 16.4. The maximum atomic E-state index is 11.3. The number of carbonyl (C=O) groups is 4. The second kappa shape index (κ2) is 9.68. The van der Waals surface area contributed by atoms with E-state index >= 15 is 0 Å². The molecule has 0 aliphatic heterocycles. The van der Waals surface area contributed by atoms with Gasteiger partial charge in [0.15, 0.2) is 0 Å². The topological polar surface area (TPSA) is 178 Å². The van der Waals surface area contributed by atoms with Crippen molar-refractivity contribution >= 4 is 23.9 Å². The third-order valence-corrected chi connectivity index (χ3v) is 3.02. The van der Waals surface area contributed by atoms with Crippen molar-refractivity contribution in [2.24, 2.45) is 5.73 Å². The first-order valence-electron chi connectivity index (χ1n) is 6.55. The third-order valence-electron chi connectivity index (χ3n) is 3.02. The summed E-state index contributed by atoms with van der Waals surface area (Å²) in [5.41, 5.74) is 5.36. The first kappa shape index (κ1) is 19.8. The van der Waals surface area contributed by atoms with Crippen LogP contribution in [0, 0.1) is 0 Å².